The Morgan fingerprint density at radius 2 is 2.00 bits per heavy atom. The van der Waals surface area contributed by atoms with Crippen molar-refractivity contribution in [2.24, 2.45) is 4.99 Å². The van der Waals surface area contributed by atoms with Gasteiger partial charge in [-0.15, -0.1) is 24.0 Å². The van der Waals surface area contributed by atoms with Gasteiger partial charge in [-0.1, -0.05) is 29.8 Å². The van der Waals surface area contributed by atoms with Gasteiger partial charge in [0.2, 0.25) is 0 Å². The van der Waals surface area contributed by atoms with Crippen LogP contribution in [0.1, 0.15) is 18.4 Å². The molecule has 6 heteroatoms. The van der Waals surface area contributed by atoms with Gasteiger partial charge in [-0.2, -0.15) is 0 Å². The average molecular weight is 424 g/mol. The Morgan fingerprint density at radius 3 is 2.57 bits per heavy atom. The highest BCUT2D eigenvalue weighted by Crippen LogP contribution is 2.38. The van der Waals surface area contributed by atoms with Crippen molar-refractivity contribution in [3.8, 4) is 0 Å². The standard InChI is InChI=1S/C15H22ClN3O.HI/c1-17-14(18-2)19-11-15(7-9-20-10-8-15)12-5-3-4-6-13(12)16;/h3-6H,7-11H2,1-2H3,(H2,17,18,19);1H. The van der Waals surface area contributed by atoms with Gasteiger partial charge < -0.3 is 15.4 Å². The van der Waals surface area contributed by atoms with Crippen LogP contribution in [0, 0.1) is 0 Å². The Kier molecular flexibility index (Phi) is 7.76. The molecule has 0 unspecified atom stereocenters. The number of nitrogens with one attached hydrogen (secondary N) is 2. The SMILES string of the molecule is CN=C(NC)NCC1(c2ccccc2Cl)CCOCC1.I. The lowest BCUT2D eigenvalue weighted by Crippen LogP contribution is -2.47. The van der Waals surface area contributed by atoms with E-state index < -0.39 is 0 Å². The molecule has 118 valence electrons. The number of hydrogen-bond acceptors (Lipinski definition) is 2. The van der Waals surface area contributed by atoms with E-state index >= 15 is 0 Å². The van der Waals surface area contributed by atoms with Crippen LogP contribution in [0.15, 0.2) is 29.3 Å². The molecule has 21 heavy (non-hydrogen) atoms. The van der Waals surface area contributed by atoms with Crippen LogP contribution < -0.4 is 10.6 Å². The molecule has 1 heterocycles. The van der Waals surface area contributed by atoms with Crippen LogP contribution in [0.25, 0.3) is 0 Å². The smallest absolute Gasteiger partial charge is 0.190 e. The van der Waals surface area contributed by atoms with Gasteiger partial charge in [0.25, 0.3) is 0 Å². The third-order valence-corrected chi connectivity index (χ3v) is 4.28. The quantitative estimate of drug-likeness (QED) is 0.446. The van der Waals surface area contributed by atoms with E-state index in [0.717, 1.165) is 43.6 Å². The van der Waals surface area contributed by atoms with Gasteiger partial charge in [0.05, 0.1) is 0 Å². The van der Waals surface area contributed by atoms with Crippen molar-refractivity contribution >= 4 is 41.5 Å². The van der Waals surface area contributed by atoms with Gasteiger partial charge in [-0.05, 0) is 24.5 Å². The molecule has 1 aromatic carbocycles. The summed E-state index contributed by atoms with van der Waals surface area (Å²) >= 11 is 6.42. The Balaban J connectivity index is 0.00000220. The highest BCUT2D eigenvalue weighted by Gasteiger charge is 2.36. The summed E-state index contributed by atoms with van der Waals surface area (Å²) in [5.41, 5.74) is 1.20. The van der Waals surface area contributed by atoms with Crippen LogP contribution in [0.4, 0.5) is 0 Å². The van der Waals surface area contributed by atoms with Crippen molar-refractivity contribution in [3.05, 3.63) is 34.9 Å². The number of halogens is 2. The molecule has 0 bridgehead atoms. The fourth-order valence-corrected chi connectivity index (χ4v) is 3.06. The summed E-state index contributed by atoms with van der Waals surface area (Å²) in [6, 6.07) is 8.10. The molecule has 0 aliphatic carbocycles. The number of ether oxygens (including phenoxy) is 1. The van der Waals surface area contributed by atoms with E-state index in [1.54, 1.807) is 7.05 Å². The minimum absolute atomic E-state index is 0. The zero-order valence-corrected chi connectivity index (χ0v) is 15.6. The minimum Gasteiger partial charge on any atom is -0.381 e. The predicted molar refractivity (Wildman–Crippen MR) is 99.0 cm³/mol. The van der Waals surface area contributed by atoms with Crippen molar-refractivity contribution in [1.29, 1.82) is 0 Å². The topological polar surface area (TPSA) is 45.7 Å². The molecule has 2 N–H and O–H groups in total. The summed E-state index contributed by atoms with van der Waals surface area (Å²) in [5.74, 6) is 0.794. The highest BCUT2D eigenvalue weighted by molar-refractivity contribution is 14.0. The first-order chi connectivity index (χ1) is 9.72. The lowest BCUT2D eigenvalue weighted by atomic mass is 9.74. The van der Waals surface area contributed by atoms with Crippen LogP contribution >= 0.6 is 35.6 Å². The van der Waals surface area contributed by atoms with Crippen LogP contribution in [0.2, 0.25) is 5.02 Å². The second-order valence-corrected chi connectivity index (χ2v) is 5.46. The summed E-state index contributed by atoms with van der Waals surface area (Å²) in [6.07, 6.45) is 1.93. The number of benzene rings is 1. The molecular weight excluding hydrogens is 401 g/mol. The first-order valence-electron chi connectivity index (χ1n) is 6.93. The maximum Gasteiger partial charge on any atom is 0.190 e. The predicted octanol–water partition coefficient (Wildman–Crippen LogP) is 2.80. The van der Waals surface area contributed by atoms with E-state index in [1.807, 2.05) is 25.2 Å². The molecule has 0 atom stereocenters. The molecule has 4 nitrogen and oxygen atoms in total. The first kappa shape index (κ1) is 18.5. The van der Waals surface area contributed by atoms with Gasteiger partial charge >= 0.3 is 0 Å². The van der Waals surface area contributed by atoms with Gasteiger partial charge in [0.15, 0.2) is 5.96 Å². The highest BCUT2D eigenvalue weighted by atomic mass is 127. The lowest BCUT2D eigenvalue weighted by Gasteiger charge is -2.38. The third-order valence-electron chi connectivity index (χ3n) is 3.95. The van der Waals surface area contributed by atoms with E-state index in [9.17, 15) is 0 Å². The van der Waals surface area contributed by atoms with Crippen molar-refractivity contribution in [2.45, 2.75) is 18.3 Å². The van der Waals surface area contributed by atoms with Crippen LogP contribution in [-0.2, 0) is 10.2 Å². The summed E-state index contributed by atoms with van der Waals surface area (Å²) < 4.78 is 5.53. The first-order valence-corrected chi connectivity index (χ1v) is 7.31. The largest absolute Gasteiger partial charge is 0.381 e. The molecule has 2 rings (SSSR count). The van der Waals surface area contributed by atoms with Gasteiger partial charge in [-0.25, -0.2) is 0 Å². The molecule has 1 saturated heterocycles. The number of rotatable bonds is 3. The third kappa shape index (κ3) is 4.47. The van der Waals surface area contributed by atoms with Crippen molar-refractivity contribution in [3.63, 3.8) is 0 Å². The normalized spacial score (nSPS) is 17.8. The van der Waals surface area contributed by atoms with Gasteiger partial charge in [-0.3, -0.25) is 4.99 Å². The Bertz CT molecular complexity index is 476. The number of guanidine groups is 1. The summed E-state index contributed by atoms with van der Waals surface area (Å²) in [4.78, 5) is 4.17. The summed E-state index contributed by atoms with van der Waals surface area (Å²) in [6.45, 7) is 2.34. The molecule has 0 saturated carbocycles. The van der Waals surface area contributed by atoms with Crippen LogP contribution in [0.5, 0.6) is 0 Å². The molecule has 1 aliphatic rings. The monoisotopic (exact) mass is 423 g/mol. The number of nitrogens with zero attached hydrogens (tertiary/aromatic N) is 1. The molecule has 0 radical (unpaired) electrons. The zero-order valence-electron chi connectivity index (χ0n) is 12.5. The maximum atomic E-state index is 6.42. The van der Waals surface area contributed by atoms with Gasteiger partial charge in [0.1, 0.15) is 0 Å². The molecule has 0 spiro atoms. The van der Waals surface area contributed by atoms with E-state index in [4.69, 9.17) is 16.3 Å². The Morgan fingerprint density at radius 1 is 1.33 bits per heavy atom. The lowest BCUT2D eigenvalue weighted by molar-refractivity contribution is 0.0514. The van der Waals surface area contributed by atoms with E-state index in [2.05, 4.69) is 21.7 Å². The molecule has 1 fully saturated rings. The second kappa shape index (κ2) is 8.80. The summed E-state index contributed by atoms with van der Waals surface area (Å²) in [7, 11) is 3.63. The maximum absolute atomic E-state index is 6.42. The van der Waals surface area contributed by atoms with Gasteiger partial charge in [0, 0.05) is 44.3 Å². The average Bonchev–Trinajstić information content (AvgIpc) is 2.49. The second-order valence-electron chi connectivity index (χ2n) is 5.05. The number of aliphatic imine (C=N–C) groups is 1. The van der Waals surface area contributed by atoms with E-state index in [1.165, 1.54) is 5.56 Å². The molecule has 0 aromatic heterocycles. The van der Waals surface area contributed by atoms with E-state index in [0.29, 0.717) is 0 Å². The zero-order chi connectivity index (χ0) is 14.4. The van der Waals surface area contributed by atoms with Crippen LogP contribution in [0.3, 0.4) is 0 Å². The molecular formula is C15H23ClIN3O. The van der Waals surface area contributed by atoms with Crippen LogP contribution in [-0.4, -0.2) is 39.8 Å². The summed E-state index contributed by atoms with van der Waals surface area (Å²) in [5, 5.41) is 7.26. The Labute approximate surface area is 148 Å². The van der Waals surface area contributed by atoms with Crippen molar-refractivity contribution in [1.82, 2.24) is 10.6 Å². The van der Waals surface area contributed by atoms with Crippen molar-refractivity contribution < 1.29 is 4.74 Å². The Hall–Kier alpha value is -0.530. The number of hydrogen-bond donors (Lipinski definition) is 2. The fraction of sp³-hybridized carbons (Fsp3) is 0.533. The molecule has 1 aromatic rings. The molecule has 1 aliphatic heterocycles. The fourth-order valence-electron chi connectivity index (χ4n) is 2.73. The van der Waals surface area contributed by atoms with Crippen molar-refractivity contribution in [2.75, 3.05) is 33.9 Å². The molecule has 0 amide bonds. The van der Waals surface area contributed by atoms with E-state index in [-0.39, 0.29) is 29.4 Å². The minimum atomic E-state index is 0.